The van der Waals surface area contributed by atoms with Gasteiger partial charge in [0.1, 0.15) is 5.54 Å². The van der Waals surface area contributed by atoms with Crippen molar-refractivity contribution in [3.8, 4) is 0 Å². The van der Waals surface area contributed by atoms with Crippen LogP contribution in [0.15, 0.2) is 17.5 Å². The maximum absolute atomic E-state index is 13.1. The number of amides is 1. The molecule has 4 unspecified atom stereocenters. The molecule has 1 saturated carbocycles. The molecule has 1 saturated heterocycles. The average molecular weight is 308 g/mol. The number of hydrogen-bond acceptors (Lipinski definition) is 4. The predicted octanol–water partition coefficient (Wildman–Crippen LogP) is 2.41. The van der Waals surface area contributed by atoms with Gasteiger partial charge in [-0.15, -0.1) is 11.3 Å². The van der Waals surface area contributed by atoms with E-state index in [0.29, 0.717) is 0 Å². The van der Waals surface area contributed by atoms with Crippen LogP contribution in [-0.2, 0) is 9.53 Å². The summed E-state index contributed by atoms with van der Waals surface area (Å²) in [6.45, 7) is 6.89. The molecule has 1 amide bonds. The van der Waals surface area contributed by atoms with E-state index < -0.39 is 5.54 Å². The van der Waals surface area contributed by atoms with Crippen LogP contribution in [0.1, 0.15) is 38.1 Å². The van der Waals surface area contributed by atoms with Gasteiger partial charge in [0.05, 0.1) is 12.1 Å². The fourth-order valence-electron chi connectivity index (χ4n) is 4.01. The Hall–Kier alpha value is -0.910. The number of fused-ring (bicyclic) bond motifs is 1. The molecule has 1 aliphatic heterocycles. The third-order valence-corrected chi connectivity index (χ3v) is 6.71. The van der Waals surface area contributed by atoms with Crippen molar-refractivity contribution < 1.29 is 9.53 Å². The fraction of sp³-hybridized carbons (Fsp3) is 0.688. The second-order valence-electron chi connectivity index (χ2n) is 6.88. The highest BCUT2D eigenvalue weighted by atomic mass is 32.1. The van der Waals surface area contributed by atoms with Crippen LogP contribution in [0.2, 0.25) is 0 Å². The molecule has 2 heterocycles. The van der Waals surface area contributed by atoms with Crippen molar-refractivity contribution in [1.29, 1.82) is 0 Å². The Balaban J connectivity index is 1.84. The normalized spacial score (nSPS) is 34.9. The van der Waals surface area contributed by atoms with Crippen molar-refractivity contribution in [2.45, 2.75) is 44.9 Å². The van der Waals surface area contributed by atoms with Crippen molar-refractivity contribution in [2.24, 2.45) is 17.1 Å². The summed E-state index contributed by atoms with van der Waals surface area (Å²) in [7, 11) is 1.86. The number of hydrogen-bond donors (Lipinski definition) is 1. The first kappa shape index (κ1) is 15.0. The van der Waals surface area contributed by atoms with Gasteiger partial charge in [-0.3, -0.25) is 4.79 Å². The van der Waals surface area contributed by atoms with E-state index in [2.05, 4.69) is 26.8 Å². The second-order valence-corrected chi connectivity index (χ2v) is 7.86. The lowest BCUT2D eigenvalue weighted by Gasteiger charge is -2.61. The predicted molar refractivity (Wildman–Crippen MR) is 84.1 cm³/mol. The van der Waals surface area contributed by atoms with Crippen LogP contribution in [0.5, 0.6) is 0 Å². The summed E-state index contributed by atoms with van der Waals surface area (Å²) in [5, 5.41) is 2.04. The number of carbonyl (C=O) groups is 1. The second kappa shape index (κ2) is 4.80. The average Bonchev–Trinajstić information content (AvgIpc) is 3.13. The monoisotopic (exact) mass is 308 g/mol. The van der Waals surface area contributed by atoms with Crippen LogP contribution >= 0.6 is 11.3 Å². The Morgan fingerprint density at radius 2 is 2.29 bits per heavy atom. The summed E-state index contributed by atoms with van der Waals surface area (Å²) in [6, 6.07) is 4.13. The fourth-order valence-corrected chi connectivity index (χ4v) is 4.83. The van der Waals surface area contributed by atoms with Gasteiger partial charge in [-0.1, -0.05) is 19.9 Å². The Bertz CT molecular complexity index is 542. The van der Waals surface area contributed by atoms with Crippen LogP contribution in [0.4, 0.5) is 0 Å². The van der Waals surface area contributed by atoms with Gasteiger partial charge < -0.3 is 15.4 Å². The summed E-state index contributed by atoms with van der Waals surface area (Å²) in [5.41, 5.74) is 5.51. The topological polar surface area (TPSA) is 55.6 Å². The largest absolute Gasteiger partial charge is 0.377 e. The van der Waals surface area contributed by atoms with Crippen molar-refractivity contribution >= 4 is 17.2 Å². The molecule has 2 N–H and O–H groups in total. The quantitative estimate of drug-likeness (QED) is 0.933. The van der Waals surface area contributed by atoms with Gasteiger partial charge in [0.2, 0.25) is 5.91 Å². The molecule has 1 aliphatic carbocycles. The Labute approximate surface area is 130 Å². The molecule has 2 aliphatic rings. The standard InChI is InChI=1S/C16H24N2O2S/c1-10(12-6-5-9-21-12)18(4)14(19)16(17)11-7-8-20-13(11)15(16,2)3/h5-6,9-11,13H,7-8,17H2,1-4H3. The van der Waals surface area contributed by atoms with Crippen LogP contribution in [0.3, 0.4) is 0 Å². The highest BCUT2D eigenvalue weighted by Gasteiger charge is 2.71. The lowest BCUT2D eigenvalue weighted by Crippen LogP contribution is -2.80. The van der Waals surface area contributed by atoms with E-state index in [1.54, 1.807) is 11.3 Å². The van der Waals surface area contributed by atoms with Gasteiger partial charge in [0.25, 0.3) is 0 Å². The molecule has 5 heteroatoms. The number of likely N-dealkylation sites (N-methyl/N-ethyl adjacent to an activating group) is 1. The number of ether oxygens (including phenoxy) is 1. The van der Waals surface area contributed by atoms with E-state index in [0.717, 1.165) is 13.0 Å². The van der Waals surface area contributed by atoms with Gasteiger partial charge in [-0.25, -0.2) is 0 Å². The summed E-state index contributed by atoms with van der Waals surface area (Å²) >= 11 is 1.67. The minimum Gasteiger partial charge on any atom is -0.377 e. The van der Waals surface area contributed by atoms with Crippen molar-refractivity contribution in [2.75, 3.05) is 13.7 Å². The van der Waals surface area contributed by atoms with E-state index in [1.165, 1.54) is 4.88 Å². The molecule has 2 fully saturated rings. The zero-order chi connectivity index (χ0) is 15.4. The van der Waals surface area contributed by atoms with Gasteiger partial charge in [-0.2, -0.15) is 0 Å². The van der Waals surface area contributed by atoms with Crippen LogP contribution in [0, 0.1) is 11.3 Å². The van der Waals surface area contributed by atoms with E-state index >= 15 is 0 Å². The molecule has 21 heavy (non-hydrogen) atoms. The van der Waals surface area contributed by atoms with Crippen molar-refractivity contribution in [3.05, 3.63) is 22.4 Å². The number of nitrogens with zero attached hydrogens (tertiary/aromatic N) is 1. The number of nitrogens with two attached hydrogens (primary N) is 1. The van der Waals surface area contributed by atoms with E-state index in [-0.39, 0.29) is 29.4 Å². The van der Waals surface area contributed by atoms with E-state index in [1.807, 2.05) is 23.4 Å². The molecular weight excluding hydrogens is 284 g/mol. The van der Waals surface area contributed by atoms with E-state index in [9.17, 15) is 4.79 Å². The number of rotatable bonds is 3. The van der Waals surface area contributed by atoms with Crippen LogP contribution in [-0.4, -0.2) is 36.1 Å². The molecule has 0 bridgehead atoms. The molecule has 116 valence electrons. The maximum Gasteiger partial charge on any atom is 0.243 e. The zero-order valence-electron chi connectivity index (χ0n) is 13.1. The summed E-state index contributed by atoms with van der Waals surface area (Å²) in [6.07, 6.45) is 1.01. The van der Waals surface area contributed by atoms with E-state index in [4.69, 9.17) is 10.5 Å². The molecule has 3 rings (SSSR count). The number of thiophene rings is 1. The molecule has 1 aromatic rings. The third-order valence-electron chi connectivity index (χ3n) is 5.66. The molecule has 0 spiro atoms. The Kier molecular flexibility index (Phi) is 3.43. The smallest absolute Gasteiger partial charge is 0.243 e. The Morgan fingerprint density at radius 3 is 2.90 bits per heavy atom. The molecule has 1 aromatic heterocycles. The van der Waals surface area contributed by atoms with Crippen LogP contribution < -0.4 is 5.73 Å². The first-order chi connectivity index (χ1) is 9.81. The van der Waals surface area contributed by atoms with Gasteiger partial charge in [-0.05, 0) is 24.8 Å². The molecular formula is C16H24N2O2S. The lowest BCUT2D eigenvalue weighted by molar-refractivity contribution is -0.184. The highest BCUT2D eigenvalue weighted by molar-refractivity contribution is 7.10. The molecule has 4 nitrogen and oxygen atoms in total. The van der Waals surface area contributed by atoms with Crippen LogP contribution in [0.25, 0.3) is 0 Å². The third kappa shape index (κ3) is 1.84. The minimum atomic E-state index is -0.811. The molecule has 0 radical (unpaired) electrons. The number of carbonyl (C=O) groups excluding carboxylic acids is 1. The zero-order valence-corrected chi connectivity index (χ0v) is 13.9. The van der Waals surface area contributed by atoms with Gasteiger partial charge >= 0.3 is 0 Å². The minimum absolute atomic E-state index is 0.0418. The summed E-state index contributed by atoms with van der Waals surface area (Å²) in [5.74, 6) is 0.193. The maximum atomic E-state index is 13.1. The first-order valence-corrected chi connectivity index (χ1v) is 8.41. The summed E-state index contributed by atoms with van der Waals surface area (Å²) < 4.78 is 5.78. The first-order valence-electron chi connectivity index (χ1n) is 7.53. The van der Waals surface area contributed by atoms with Crippen molar-refractivity contribution in [1.82, 2.24) is 4.90 Å². The Morgan fingerprint density at radius 1 is 1.57 bits per heavy atom. The van der Waals surface area contributed by atoms with Gasteiger partial charge in [0.15, 0.2) is 0 Å². The van der Waals surface area contributed by atoms with Gasteiger partial charge in [0, 0.05) is 29.9 Å². The molecule has 0 aromatic carbocycles. The summed E-state index contributed by atoms with van der Waals surface area (Å²) in [4.78, 5) is 16.1. The highest BCUT2D eigenvalue weighted by Crippen LogP contribution is 2.58. The lowest BCUT2D eigenvalue weighted by atomic mass is 9.47. The molecule has 4 atom stereocenters. The SMILES string of the molecule is CC(c1cccs1)N(C)C(=O)C1(N)C2CCOC2C1(C)C. The van der Waals surface area contributed by atoms with Crippen molar-refractivity contribution in [3.63, 3.8) is 0 Å².